The summed E-state index contributed by atoms with van der Waals surface area (Å²) in [6.07, 6.45) is 3.31. The topological polar surface area (TPSA) is 89.6 Å². The van der Waals surface area contributed by atoms with E-state index in [4.69, 9.17) is 5.84 Å². The smallest absolute Gasteiger partial charge is 0.200 e. The molecule has 0 aliphatic rings. The molecule has 0 aliphatic heterocycles. The maximum atomic E-state index is 5.56. The summed E-state index contributed by atoms with van der Waals surface area (Å²) in [7, 11) is 0. The number of anilines is 1. The number of nitrogen functional groups attached to an aromatic ring is 1. The second-order valence-electron chi connectivity index (χ2n) is 4.45. The Morgan fingerprint density at radius 2 is 1.62 bits per heavy atom. The first-order chi connectivity index (χ1) is 10.3. The minimum Gasteiger partial charge on any atom is -0.308 e. The van der Waals surface area contributed by atoms with Crippen LogP contribution in [0.3, 0.4) is 0 Å². The van der Waals surface area contributed by atoms with Crippen molar-refractivity contribution in [2.45, 2.75) is 6.92 Å². The highest BCUT2D eigenvalue weighted by Gasteiger charge is 2.14. The Labute approximate surface area is 122 Å². The summed E-state index contributed by atoms with van der Waals surface area (Å²) in [4.78, 5) is 17.3. The van der Waals surface area contributed by atoms with Crippen LogP contribution in [0, 0.1) is 6.92 Å². The van der Waals surface area contributed by atoms with Crippen molar-refractivity contribution in [3.8, 4) is 22.9 Å². The van der Waals surface area contributed by atoms with Crippen molar-refractivity contribution < 1.29 is 0 Å². The van der Waals surface area contributed by atoms with Gasteiger partial charge in [-0.05, 0) is 13.0 Å². The van der Waals surface area contributed by atoms with Crippen LogP contribution >= 0.6 is 0 Å². The van der Waals surface area contributed by atoms with Crippen LogP contribution in [0.2, 0.25) is 0 Å². The van der Waals surface area contributed by atoms with Crippen LogP contribution in [-0.2, 0) is 0 Å². The third kappa shape index (κ3) is 2.56. The molecule has 21 heavy (non-hydrogen) atoms. The standard InChI is InChI=1S/C15H14N6/c1-10-12(11-6-3-2-4-7-11)19-15(20-13(10)21-16)14-17-8-5-9-18-14/h2-9H,16H2,1H3,(H,19,20,21). The molecule has 0 radical (unpaired) electrons. The fourth-order valence-electron chi connectivity index (χ4n) is 2.05. The number of nitrogens with two attached hydrogens (primary N) is 1. The summed E-state index contributed by atoms with van der Waals surface area (Å²) < 4.78 is 0. The van der Waals surface area contributed by atoms with Gasteiger partial charge >= 0.3 is 0 Å². The Morgan fingerprint density at radius 3 is 2.29 bits per heavy atom. The molecule has 3 aromatic rings. The van der Waals surface area contributed by atoms with E-state index in [1.807, 2.05) is 37.3 Å². The molecule has 0 spiro atoms. The molecule has 3 N–H and O–H groups in total. The average molecular weight is 278 g/mol. The van der Waals surface area contributed by atoms with E-state index in [1.54, 1.807) is 18.5 Å². The molecule has 0 amide bonds. The largest absolute Gasteiger partial charge is 0.308 e. The zero-order chi connectivity index (χ0) is 14.7. The normalized spacial score (nSPS) is 10.4. The first-order valence-corrected chi connectivity index (χ1v) is 6.47. The number of rotatable bonds is 3. The summed E-state index contributed by atoms with van der Waals surface area (Å²) in [6, 6.07) is 11.6. The molecule has 2 heterocycles. The first kappa shape index (κ1) is 13.1. The molecule has 6 nitrogen and oxygen atoms in total. The van der Waals surface area contributed by atoms with E-state index in [-0.39, 0.29) is 0 Å². The van der Waals surface area contributed by atoms with Crippen LogP contribution in [0.25, 0.3) is 22.9 Å². The zero-order valence-corrected chi connectivity index (χ0v) is 11.5. The third-order valence-corrected chi connectivity index (χ3v) is 3.10. The molecule has 0 saturated carbocycles. The second kappa shape index (κ2) is 5.64. The van der Waals surface area contributed by atoms with Crippen molar-refractivity contribution in [3.63, 3.8) is 0 Å². The molecule has 0 unspecified atom stereocenters. The molecule has 3 rings (SSSR count). The molecule has 0 saturated heterocycles. The molecular weight excluding hydrogens is 264 g/mol. The van der Waals surface area contributed by atoms with Crippen molar-refractivity contribution in [1.29, 1.82) is 0 Å². The van der Waals surface area contributed by atoms with Gasteiger partial charge in [0.1, 0.15) is 5.82 Å². The summed E-state index contributed by atoms with van der Waals surface area (Å²) in [6.45, 7) is 1.92. The summed E-state index contributed by atoms with van der Waals surface area (Å²) >= 11 is 0. The number of nitrogens with one attached hydrogen (secondary N) is 1. The summed E-state index contributed by atoms with van der Waals surface area (Å²) in [5.74, 6) is 7.03. The van der Waals surface area contributed by atoms with Crippen LogP contribution in [0.15, 0.2) is 48.8 Å². The minimum absolute atomic E-state index is 0.438. The van der Waals surface area contributed by atoms with Crippen LogP contribution in [0.4, 0.5) is 5.82 Å². The van der Waals surface area contributed by atoms with Gasteiger partial charge in [0.15, 0.2) is 11.6 Å². The van der Waals surface area contributed by atoms with E-state index < -0.39 is 0 Å². The second-order valence-corrected chi connectivity index (χ2v) is 4.45. The van der Waals surface area contributed by atoms with Crippen molar-refractivity contribution >= 4 is 5.82 Å². The van der Waals surface area contributed by atoms with Gasteiger partial charge in [-0.25, -0.2) is 25.8 Å². The van der Waals surface area contributed by atoms with Crippen molar-refractivity contribution in [2.75, 3.05) is 5.43 Å². The number of nitrogens with zero attached hydrogens (tertiary/aromatic N) is 4. The van der Waals surface area contributed by atoms with Crippen LogP contribution in [0.1, 0.15) is 5.56 Å². The number of hydrogen-bond acceptors (Lipinski definition) is 6. The third-order valence-electron chi connectivity index (χ3n) is 3.10. The van der Waals surface area contributed by atoms with Gasteiger partial charge in [-0.15, -0.1) is 0 Å². The monoisotopic (exact) mass is 278 g/mol. The Bertz CT molecular complexity index is 743. The van der Waals surface area contributed by atoms with E-state index in [0.29, 0.717) is 17.5 Å². The van der Waals surface area contributed by atoms with Gasteiger partial charge in [0, 0.05) is 23.5 Å². The lowest BCUT2D eigenvalue weighted by Crippen LogP contribution is -2.12. The fourth-order valence-corrected chi connectivity index (χ4v) is 2.05. The van der Waals surface area contributed by atoms with Gasteiger partial charge in [0.2, 0.25) is 0 Å². The maximum absolute atomic E-state index is 5.56. The molecule has 0 atom stereocenters. The van der Waals surface area contributed by atoms with Gasteiger partial charge in [-0.3, -0.25) is 0 Å². The zero-order valence-electron chi connectivity index (χ0n) is 11.5. The fraction of sp³-hybridized carbons (Fsp3) is 0.0667. The molecule has 0 bridgehead atoms. The Morgan fingerprint density at radius 1 is 0.905 bits per heavy atom. The molecule has 104 valence electrons. The van der Waals surface area contributed by atoms with E-state index >= 15 is 0 Å². The Balaban J connectivity index is 2.21. The molecule has 0 aliphatic carbocycles. The summed E-state index contributed by atoms with van der Waals surface area (Å²) in [5, 5.41) is 0. The lowest BCUT2D eigenvalue weighted by atomic mass is 10.1. The van der Waals surface area contributed by atoms with Crippen LogP contribution in [0.5, 0.6) is 0 Å². The predicted octanol–water partition coefficient (Wildman–Crippen LogP) is 2.19. The lowest BCUT2D eigenvalue weighted by molar-refractivity contribution is 1.06. The number of hydrogen-bond donors (Lipinski definition) is 2. The van der Waals surface area contributed by atoms with E-state index in [0.717, 1.165) is 16.8 Å². The molecule has 1 aromatic carbocycles. The van der Waals surface area contributed by atoms with E-state index in [1.165, 1.54) is 0 Å². The number of hydrazine groups is 1. The van der Waals surface area contributed by atoms with Gasteiger partial charge in [-0.2, -0.15) is 0 Å². The van der Waals surface area contributed by atoms with E-state index in [9.17, 15) is 0 Å². The molecule has 2 aromatic heterocycles. The summed E-state index contributed by atoms with van der Waals surface area (Å²) in [5.41, 5.74) is 5.29. The Kier molecular flexibility index (Phi) is 3.53. The number of aromatic nitrogens is 4. The quantitative estimate of drug-likeness (QED) is 0.564. The van der Waals surface area contributed by atoms with Gasteiger partial charge in [0.05, 0.1) is 5.69 Å². The molecular formula is C15H14N6. The average Bonchev–Trinajstić information content (AvgIpc) is 2.56. The maximum Gasteiger partial charge on any atom is 0.200 e. The van der Waals surface area contributed by atoms with Gasteiger partial charge < -0.3 is 5.43 Å². The molecule has 0 fully saturated rings. The van der Waals surface area contributed by atoms with Gasteiger partial charge in [-0.1, -0.05) is 30.3 Å². The van der Waals surface area contributed by atoms with Crippen LogP contribution < -0.4 is 11.3 Å². The minimum atomic E-state index is 0.438. The van der Waals surface area contributed by atoms with Crippen molar-refractivity contribution in [3.05, 3.63) is 54.4 Å². The van der Waals surface area contributed by atoms with E-state index in [2.05, 4.69) is 25.4 Å². The SMILES string of the molecule is Cc1c(NN)nc(-c2ncccn2)nc1-c1ccccc1. The van der Waals surface area contributed by atoms with Crippen molar-refractivity contribution in [2.24, 2.45) is 5.84 Å². The van der Waals surface area contributed by atoms with Crippen molar-refractivity contribution in [1.82, 2.24) is 19.9 Å². The lowest BCUT2D eigenvalue weighted by Gasteiger charge is -2.11. The number of benzene rings is 1. The van der Waals surface area contributed by atoms with Gasteiger partial charge in [0.25, 0.3) is 0 Å². The molecule has 6 heteroatoms. The highest BCUT2D eigenvalue weighted by atomic mass is 15.3. The predicted molar refractivity (Wildman–Crippen MR) is 81.0 cm³/mol. The Hall–Kier alpha value is -2.86. The highest BCUT2D eigenvalue weighted by molar-refractivity contribution is 5.70. The van der Waals surface area contributed by atoms with Crippen LogP contribution in [-0.4, -0.2) is 19.9 Å². The highest BCUT2D eigenvalue weighted by Crippen LogP contribution is 2.27. The first-order valence-electron chi connectivity index (χ1n) is 6.47.